The molecule has 4 nitrogen and oxygen atoms in total. The molecule has 0 aliphatic carbocycles. The average Bonchev–Trinajstić information content (AvgIpc) is 2.47. The molecule has 1 rings (SSSR count). The molecule has 0 radical (unpaired) electrons. The predicted molar refractivity (Wildman–Crippen MR) is 76.6 cm³/mol. The van der Waals surface area contributed by atoms with Crippen LogP contribution in [0.25, 0.3) is 0 Å². The third-order valence-corrected chi connectivity index (χ3v) is 3.13. The van der Waals surface area contributed by atoms with Crippen LogP contribution in [0.2, 0.25) is 0 Å². The van der Waals surface area contributed by atoms with E-state index in [0.29, 0.717) is 22.6 Å². The van der Waals surface area contributed by atoms with Crippen molar-refractivity contribution >= 4 is 0 Å². The molecular weight excluding hydrogens is 252 g/mol. The van der Waals surface area contributed by atoms with Gasteiger partial charge in [0.1, 0.15) is 12.1 Å². The van der Waals surface area contributed by atoms with E-state index in [4.69, 9.17) is 20.0 Å². The molecule has 4 heteroatoms. The van der Waals surface area contributed by atoms with E-state index < -0.39 is 0 Å². The first-order valence-corrected chi connectivity index (χ1v) is 6.87. The third-order valence-electron chi connectivity index (χ3n) is 3.13. The number of nitriles is 2. The van der Waals surface area contributed by atoms with Gasteiger partial charge < -0.3 is 9.47 Å². The highest BCUT2D eigenvalue weighted by molar-refractivity contribution is 5.56. The van der Waals surface area contributed by atoms with Gasteiger partial charge in [0.2, 0.25) is 0 Å². The summed E-state index contributed by atoms with van der Waals surface area (Å²) in [4.78, 5) is 0. The Morgan fingerprint density at radius 3 is 1.50 bits per heavy atom. The highest BCUT2D eigenvalue weighted by Crippen LogP contribution is 2.33. The van der Waals surface area contributed by atoms with Gasteiger partial charge in [-0.2, -0.15) is 10.5 Å². The maximum absolute atomic E-state index is 9.09. The first-order chi connectivity index (χ1) is 9.55. The summed E-state index contributed by atoms with van der Waals surface area (Å²) in [6.07, 6.45) is 1.75. The molecule has 0 aromatic heterocycles. The van der Waals surface area contributed by atoms with E-state index in [-0.39, 0.29) is 12.2 Å². The predicted octanol–water partition coefficient (Wildman–Crippen LogP) is 3.78. The Kier molecular flexibility index (Phi) is 5.87. The molecule has 0 fully saturated rings. The molecule has 0 amide bonds. The summed E-state index contributed by atoms with van der Waals surface area (Å²) in [6.45, 7) is 7.96. The molecule has 2 unspecified atom stereocenters. The Balaban J connectivity index is 3.23. The fourth-order valence-electron chi connectivity index (χ4n) is 1.53. The van der Waals surface area contributed by atoms with Gasteiger partial charge in [0.25, 0.3) is 0 Å². The summed E-state index contributed by atoms with van der Waals surface area (Å²) in [7, 11) is 0. The highest BCUT2D eigenvalue weighted by Gasteiger charge is 2.15. The summed E-state index contributed by atoms with van der Waals surface area (Å²) in [5.74, 6) is 1.05. The van der Waals surface area contributed by atoms with Crippen LogP contribution in [0.5, 0.6) is 11.5 Å². The zero-order chi connectivity index (χ0) is 15.1. The van der Waals surface area contributed by atoms with Gasteiger partial charge in [-0.25, -0.2) is 0 Å². The van der Waals surface area contributed by atoms with Crippen molar-refractivity contribution in [2.75, 3.05) is 0 Å². The molecule has 2 atom stereocenters. The Bertz CT molecular complexity index is 492. The second-order valence-electron chi connectivity index (χ2n) is 4.74. The van der Waals surface area contributed by atoms with E-state index in [1.807, 2.05) is 39.8 Å². The van der Waals surface area contributed by atoms with E-state index in [1.54, 1.807) is 12.1 Å². The van der Waals surface area contributed by atoms with Crippen LogP contribution < -0.4 is 9.47 Å². The number of benzene rings is 1. The minimum absolute atomic E-state index is 0.0220. The molecule has 0 spiro atoms. The molecule has 0 saturated carbocycles. The molecule has 106 valence electrons. The van der Waals surface area contributed by atoms with E-state index in [2.05, 4.69) is 0 Å². The molecule has 0 heterocycles. The minimum atomic E-state index is 0.0220. The molecule has 0 N–H and O–H groups in total. The zero-order valence-corrected chi connectivity index (χ0v) is 12.4. The van der Waals surface area contributed by atoms with Gasteiger partial charge >= 0.3 is 0 Å². The van der Waals surface area contributed by atoms with Gasteiger partial charge in [-0.1, -0.05) is 13.8 Å². The lowest BCUT2D eigenvalue weighted by Crippen LogP contribution is -2.14. The molecule has 0 aliphatic heterocycles. The highest BCUT2D eigenvalue weighted by atomic mass is 16.5. The largest absolute Gasteiger partial charge is 0.487 e. The third kappa shape index (κ3) is 3.90. The van der Waals surface area contributed by atoms with Crippen LogP contribution in [-0.2, 0) is 0 Å². The number of ether oxygens (including phenoxy) is 2. The monoisotopic (exact) mass is 272 g/mol. The normalized spacial score (nSPS) is 12.9. The van der Waals surface area contributed by atoms with E-state index in [1.165, 1.54) is 0 Å². The fourth-order valence-corrected chi connectivity index (χ4v) is 1.53. The first-order valence-electron chi connectivity index (χ1n) is 6.87. The van der Waals surface area contributed by atoms with Crippen molar-refractivity contribution in [2.24, 2.45) is 0 Å². The van der Waals surface area contributed by atoms with Crippen molar-refractivity contribution in [2.45, 2.75) is 52.7 Å². The first kappa shape index (κ1) is 15.9. The molecular formula is C16H20N2O2. The van der Waals surface area contributed by atoms with Gasteiger partial charge in [0, 0.05) is 12.1 Å². The van der Waals surface area contributed by atoms with Crippen molar-refractivity contribution < 1.29 is 9.47 Å². The molecule has 0 saturated heterocycles. The van der Waals surface area contributed by atoms with Gasteiger partial charge in [-0.05, 0) is 26.7 Å². The van der Waals surface area contributed by atoms with Crippen LogP contribution >= 0.6 is 0 Å². The van der Waals surface area contributed by atoms with Crippen molar-refractivity contribution in [3.63, 3.8) is 0 Å². The summed E-state index contributed by atoms with van der Waals surface area (Å²) in [6, 6.07) is 7.20. The van der Waals surface area contributed by atoms with Crippen LogP contribution in [0, 0.1) is 22.7 Å². The smallest absolute Gasteiger partial charge is 0.162 e. The second-order valence-corrected chi connectivity index (χ2v) is 4.74. The second kappa shape index (κ2) is 7.40. The number of rotatable bonds is 6. The van der Waals surface area contributed by atoms with Crippen molar-refractivity contribution in [1.29, 1.82) is 10.5 Å². The summed E-state index contributed by atoms with van der Waals surface area (Å²) in [5, 5.41) is 18.2. The molecule has 1 aromatic carbocycles. The van der Waals surface area contributed by atoms with E-state index >= 15 is 0 Å². The Labute approximate surface area is 120 Å². The van der Waals surface area contributed by atoms with E-state index in [9.17, 15) is 0 Å². The van der Waals surface area contributed by atoms with Crippen LogP contribution in [-0.4, -0.2) is 12.2 Å². The van der Waals surface area contributed by atoms with E-state index in [0.717, 1.165) is 12.8 Å². The summed E-state index contributed by atoms with van der Waals surface area (Å²) < 4.78 is 11.6. The van der Waals surface area contributed by atoms with Crippen LogP contribution in [0.15, 0.2) is 12.1 Å². The van der Waals surface area contributed by atoms with Gasteiger partial charge in [-0.3, -0.25) is 0 Å². The number of nitrogens with zero attached hydrogens (tertiary/aromatic N) is 2. The molecule has 0 aliphatic rings. The van der Waals surface area contributed by atoms with Crippen molar-refractivity contribution in [3.05, 3.63) is 23.3 Å². The Morgan fingerprint density at radius 2 is 1.25 bits per heavy atom. The quantitative estimate of drug-likeness (QED) is 0.790. The lowest BCUT2D eigenvalue weighted by molar-refractivity contribution is 0.177. The Hall–Kier alpha value is -2.20. The zero-order valence-electron chi connectivity index (χ0n) is 12.4. The van der Waals surface area contributed by atoms with Crippen LogP contribution in [0.3, 0.4) is 0 Å². The lowest BCUT2D eigenvalue weighted by Gasteiger charge is -2.19. The fraction of sp³-hybridized carbons (Fsp3) is 0.500. The maximum atomic E-state index is 9.09. The standard InChI is InChI=1S/C16H20N2O2/c1-5-11(3)19-15-7-13(9-17)14(10-18)8-16(15)20-12(4)6-2/h7-8,11-12H,5-6H2,1-4H3. The number of hydrogen-bond donors (Lipinski definition) is 0. The van der Waals surface area contributed by atoms with Crippen LogP contribution in [0.4, 0.5) is 0 Å². The van der Waals surface area contributed by atoms with Gasteiger partial charge in [0.15, 0.2) is 11.5 Å². The van der Waals surface area contributed by atoms with Crippen molar-refractivity contribution in [3.8, 4) is 23.6 Å². The topological polar surface area (TPSA) is 66.0 Å². The lowest BCUT2D eigenvalue weighted by atomic mass is 10.1. The SMILES string of the molecule is CCC(C)Oc1cc(C#N)c(C#N)cc1OC(C)CC. The average molecular weight is 272 g/mol. The van der Waals surface area contributed by atoms with Gasteiger partial charge in [-0.15, -0.1) is 0 Å². The molecule has 0 bridgehead atoms. The summed E-state index contributed by atoms with van der Waals surface area (Å²) >= 11 is 0. The van der Waals surface area contributed by atoms with Crippen molar-refractivity contribution in [1.82, 2.24) is 0 Å². The minimum Gasteiger partial charge on any atom is -0.487 e. The molecule has 20 heavy (non-hydrogen) atoms. The molecule has 1 aromatic rings. The Morgan fingerprint density at radius 1 is 0.900 bits per heavy atom. The van der Waals surface area contributed by atoms with Crippen LogP contribution in [0.1, 0.15) is 51.7 Å². The van der Waals surface area contributed by atoms with Gasteiger partial charge in [0.05, 0.1) is 23.3 Å². The number of hydrogen-bond acceptors (Lipinski definition) is 4. The maximum Gasteiger partial charge on any atom is 0.162 e. The summed E-state index contributed by atoms with van der Waals surface area (Å²) in [5.41, 5.74) is 0.615.